The summed E-state index contributed by atoms with van der Waals surface area (Å²) in [5.41, 5.74) is 0.178. The Kier molecular flexibility index (Phi) is 6.95. The lowest BCUT2D eigenvalue weighted by Crippen LogP contribution is -2.47. The van der Waals surface area contributed by atoms with Gasteiger partial charge in [0, 0.05) is 16.9 Å². The van der Waals surface area contributed by atoms with Crippen LogP contribution in [0.4, 0.5) is 5.13 Å². The Morgan fingerprint density at radius 3 is 2.84 bits per heavy atom. The van der Waals surface area contributed by atoms with Crippen LogP contribution < -0.4 is 9.46 Å². The van der Waals surface area contributed by atoms with Gasteiger partial charge >= 0.3 is 0 Å². The van der Waals surface area contributed by atoms with Crippen molar-refractivity contribution in [3.63, 3.8) is 0 Å². The second kappa shape index (κ2) is 9.86. The number of aromatic nitrogens is 1. The summed E-state index contributed by atoms with van der Waals surface area (Å²) in [6.07, 6.45) is -0.304. The topological polar surface area (TPSA) is 97.8 Å². The van der Waals surface area contributed by atoms with Gasteiger partial charge in [0.05, 0.1) is 18.0 Å². The van der Waals surface area contributed by atoms with E-state index >= 15 is 0 Å². The SMILES string of the molecule is O=C(c1csc(NS(=O)(=O)c2ccccc2)n1)N1CCOC(COc2cccc(Cl)c2)C1. The van der Waals surface area contributed by atoms with Crippen LogP contribution in [0.3, 0.4) is 0 Å². The van der Waals surface area contributed by atoms with Gasteiger partial charge in [0.25, 0.3) is 15.9 Å². The summed E-state index contributed by atoms with van der Waals surface area (Å²) in [5.74, 6) is 0.335. The van der Waals surface area contributed by atoms with Gasteiger partial charge in [0.15, 0.2) is 5.13 Å². The van der Waals surface area contributed by atoms with Crippen LogP contribution in [0.5, 0.6) is 5.75 Å². The van der Waals surface area contributed by atoms with Crippen LogP contribution in [0.2, 0.25) is 5.02 Å². The highest BCUT2D eigenvalue weighted by molar-refractivity contribution is 7.93. The van der Waals surface area contributed by atoms with Crippen LogP contribution in [0.25, 0.3) is 0 Å². The Morgan fingerprint density at radius 1 is 1.25 bits per heavy atom. The van der Waals surface area contributed by atoms with Crippen molar-refractivity contribution in [2.75, 3.05) is 31.0 Å². The minimum Gasteiger partial charge on any atom is -0.491 e. The number of anilines is 1. The lowest BCUT2D eigenvalue weighted by Gasteiger charge is -2.32. The number of halogens is 1. The third-order valence-corrected chi connectivity index (χ3v) is 7.13. The van der Waals surface area contributed by atoms with Crippen LogP contribution in [0, 0.1) is 0 Å². The lowest BCUT2D eigenvalue weighted by molar-refractivity contribution is -0.0402. The molecule has 0 aliphatic carbocycles. The summed E-state index contributed by atoms with van der Waals surface area (Å²) < 4.78 is 38.8. The summed E-state index contributed by atoms with van der Waals surface area (Å²) in [6.45, 7) is 1.38. The van der Waals surface area contributed by atoms with Crippen LogP contribution in [-0.2, 0) is 14.8 Å². The zero-order valence-electron chi connectivity index (χ0n) is 16.8. The Hall–Kier alpha value is -2.66. The molecular weight excluding hydrogens is 474 g/mol. The zero-order valence-corrected chi connectivity index (χ0v) is 19.2. The average Bonchev–Trinajstić information content (AvgIpc) is 3.26. The normalized spacial score (nSPS) is 16.5. The maximum absolute atomic E-state index is 12.9. The van der Waals surface area contributed by atoms with Gasteiger partial charge in [-0.05, 0) is 30.3 Å². The van der Waals surface area contributed by atoms with Gasteiger partial charge in [0.2, 0.25) is 0 Å². The van der Waals surface area contributed by atoms with E-state index in [2.05, 4.69) is 9.71 Å². The molecule has 0 radical (unpaired) electrons. The second-order valence-corrected chi connectivity index (χ2v) is 9.95. The van der Waals surface area contributed by atoms with Gasteiger partial charge in [-0.15, -0.1) is 11.3 Å². The van der Waals surface area contributed by atoms with Gasteiger partial charge in [-0.3, -0.25) is 9.52 Å². The summed E-state index contributed by atoms with van der Waals surface area (Å²) in [6, 6.07) is 15.0. The first-order valence-electron chi connectivity index (χ1n) is 9.73. The molecule has 1 amide bonds. The summed E-state index contributed by atoms with van der Waals surface area (Å²) >= 11 is 7.02. The molecule has 1 aliphatic rings. The van der Waals surface area contributed by atoms with E-state index in [-0.39, 0.29) is 34.3 Å². The molecule has 0 spiro atoms. The first-order chi connectivity index (χ1) is 15.4. The number of sulfonamides is 1. The zero-order chi connectivity index (χ0) is 22.6. The summed E-state index contributed by atoms with van der Waals surface area (Å²) in [4.78, 5) is 18.8. The molecule has 4 rings (SSSR count). The number of hydrogen-bond donors (Lipinski definition) is 1. The summed E-state index contributed by atoms with van der Waals surface area (Å²) in [7, 11) is -3.77. The van der Waals surface area contributed by atoms with Crippen molar-refractivity contribution in [2.24, 2.45) is 0 Å². The van der Waals surface area contributed by atoms with Crippen molar-refractivity contribution in [3.8, 4) is 5.75 Å². The molecule has 0 saturated carbocycles. The predicted octanol–water partition coefficient (Wildman–Crippen LogP) is 3.52. The van der Waals surface area contributed by atoms with Crippen molar-refractivity contribution in [2.45, 2.75) is 11.0 Å². The molecule has 1 atom stereocenters. The molecule has 168 valence electrons. The molecule has 1 N–H and O–H groups in total. The van der Waals surface area contributed by atoms with Crippen LogP contribution in [-0.4, -0.2) is 56.6 Å². The highest BCUT2D eigenvalue weighted by atomic mass is 35.5. The Morgan fingerprint density at radius 2 is 2.06 bits per heavy atom. The van der Waals surface area contributed by atoms with Gasteiger partial charge < -0.3 is 14.4 Å². The number of hydrogen-bond acceptors (Lipinski definition) is 7. The quantitative estimate of drug-likeness (QED) is 0.541. The monoisotopic (exact) mass is 493 g/mol. The lowest BCUT2D eigenvalue weighted by atomic mass is 10.2. The number of morpholine rings is 1. The highest BCUT2D eigenvalue weighted by Crippen LogP contribution is 2.22. The molecule has 2 aromatic carbocycles. The second-order valence-electron chi connectivity index (χ2n) is 6.97. The number of carbonyl (C=O) groups excluding carboxylic acids is 1. The van der Waals surface area contributed by atoms with Gasteiger partial charge in [-0.2, -0.15) is 0 Å². The standard InChI is InChI=1S/C21H20ClN3O5S2/c22-15-5-4-6-16(11-15)30-13-17-12-25(9-10-29-17)20(26)19-14-31-21(23-19)24-32(27,28)18-7-2-1-3-8-18/h1-8,11,14,17H,9-10,12-13H2,(H,23,24). The predicted molar refractivity (Wildman–Crippen MR) is 122 cm³/mol. The number of nitrogens with one attached hydrogen (secondary N) is 1. The molecule has 0 bridgehead atoms. The largest absolute Gasteiger partial charge is 0.491 e. The van der Waals surface area contributed by atoms with Crippen LogP contribution in [0.15, 0.2) is 64.9 Å². The van der Waals surface area contributed by atoms with Crippen LogP contribution in [0.1, 0.15) is 10.5 Å². The van der Waals surface area contributed by atoms with E-state index in [0.29, 0.717) is 30.5 Å². The first kappa shape index (κ1) is 22.5. The number of rotatable bonds is 7. The molecule has 8 nitrogen and oxygen atoms in total. The van der Waals surface area contributed by atoms with E-state index < -0.39 is 10.0 Å². The molecule has 1 aliphatic heterocycles. The molecule has 11 heteroatoms. The average molecular weight is 494 g/mol. The molecule has 32 heavy (non-hydrogen) atoms. The highest BCUT2D eigenvalue weighted by Gasteiger charge is 2.27. The number of thiazole rings is 1. The number of benzene rings is 2. The number of carbonyl (C=O) groups is 1. The Bertz CT molecular complexity index is 1190. The number of ether oxygens (including phenoxy) is 2. The van der Waals surface area contributed by atoms with Gasteiger partial charge in [0.1, 0.15) is 24.2 Å². The molecule has 1 aromatic heterocycles. The van der Waals surface area contributed by atoms with Gasteiger partial charge in [-0.25, -0.2) is 13.4 Å². The molecular formula is C21H20ClN3O5S2. The van der Waals surface area contributed by atoms with Crippen molar-refractivity contribution in [1.82, 2.24) is 9.88 Å². The van der Waals surface area contributed by atoms with E-state index in [0.717, 1.165) is 11.3 Å². The number of amides is 1. The summed E-state index contributed by atoms with van der Waals surface area (Å²) in [5, 5.41) is 2.25. The van der Waals surface area contributed by atoms with Crippen molar-refractivity contribution >= 4 is 44.0 Å². The Labute approximate surface area is 194 Å². The maximum Gasteiger partial charge on any atom is 0.273 e. The third-order valence-electron chi connectivity index (χ3n) is 4.66. The molecule has 1 saturated heterocycles. The first-order valence-corrected chi connectivity index (χ1v) is 12.5. The fourth-order valence-electron chi connectivity index (χ4n) is 3.10. The van der Waals surface area contributed by atoms with Crippen molar-refractivity contribution < 1.29 is 22.7 Å². The number of nitrogens with zero attached hydrogens (tertiary/aromatic N) is 2. The maximum atomic E-state index is 12.9. The van der Waals surface area contributed by atoms with Crippen molar-refractivity contribution in [3.05, 3.63) is 70.7 Å². The van der Waals surface area contributed by atoms with E-state index in [1.807, 2.05) is 0 Å². The smallest absolute Gasteiger partial charge is 0.273 e. The Balaban J connectivity index is 1.36. The van der Waals surface area contributed by atoms with E-state index in [9.17, 15) is 13.2 Å². The molecule has 1 fully saturated rings. The van der Waals surface area contributed by atoms with E-state index in [4.69, 9.17) is 21.1 Å². The van der Waals surface area contributed by atoms with Gasteiger partial charge in [-0.1, -0.05) is 35.9 Å². The minimum absolute atomic E-state index is 0.124. The molecule has 3 aromatic rings. The van der Waals surface area contributed by atoms with Crippen LogP contribution >= 0.6 is 22.9 Å². The van der Waals surface area contributed by atoms with E-state index in [1.165, 1.54) is 17.5 Å². The molecule has 1 unspecified atom stereocenters. The fraction of sp³-hybridized carbons (Fsp3) is 0.238. The molecule has 2 heterocycles. The minimum atomic E-state index is -3.77. The van der Waals surface area contributed by atoms with Crippen molar-refractivity contribution in [1.29, 1.82) is 0 Å². The van der Waals surface area contributed by atoms with E-state index in [1.54, 1.807) is 47.4 Å². The fourth-order valence-corrected chi connectivity index (χ4v) is 5.24. The third kappa shape index (κ3) is 5.57.